The van der Waals surface area contributed by atoms with E-state index in [2.05, 4.69) is 27.7 Å². The molecule has 0 aliphatic carbocycles. The Morgan fingerprint density at radius 3 is 1.47 bits per heavy atom. The average Bonchev–Trinajstić information content (AvgIpc) is 2.79. The van der Waals surface area contributed by atoms with Gasteiger partial charge in [0.05, 0.1) is 0 Å². The van der Waals surface area contributed by atoms with E-state index in [-0.39, 0.29) is 5.91 Å². The van der Waals surface area contributed by atoms with E-state index in [1.165, 1.54) is 70.1 Å². The first-order chi connectivity index (χ1) is 15.3. The van der Waals surface area contributed by atoms with Crippen LogP contribution in [0.3, 0.4) is 0 Å². The van der Waals surface area contributed by atoms with E-state index in [0.29, 0.717) is 5.69 Å². The van der Waals surface area contributed by atoms with E-state index in [1.54, 1.807) is 48.9 Å². The number of carbonyl (C=O) groups is 2. The third kappa shape index (κ3) is 12.0. The molecule has 0 bridgehead atoms. The first-order valence-corrected chi connectivity index (χ1v) is 15.7. The zero-order valence-electron chi connectivity index (χ0n) is 21.7. The number of carboxylic acid groups (broad SMARTS) is 1. The van der Waals surface area contributed by atoms with Crippen molar-refractivity contribution in [2.75, 3.05) is 29.5 Å². The average molecular weight is 468 g/mol. The minimum atomic E-state index is -1.02. The van der Waals surface area contributed by atoms with Gasteiger partial charge in [0, 0.05) is 12.6 Å². The monoisotopic (exact) mass is 467 g/mol. The number of anilines is 1. The number of aliphatic carboxylic acids is 1. The van der Waals surface area contributed by atoms with Gasteiger partial charge in [0.2, 0.25) is 5.91 Å². The van der Waals surface area contributed by atoms with Crippen LogP contribution in [-0.2, 0) is 9.59 Å². The topological polar surface area (TPSA) is 57.6 Å². The number of carbonyl (C=O) groups excluding carboxylic acids is 1. The summed E-state index contributed by atoms with van der Waals surface area (Å²) in [5.41, 5.74) is 0.597. The number of benzene rings is 1. The third-order valence-electron chi connectivity index (χ3n) is 6.36. The SMILES string of the molecule is CC(=O)N(c1ccccc1)C(C)C(=O)O.CCCC[PH](CCCC)(CCCC)CCCC. The molecule has 186 valence electrons. The fraction of sp³-hybridized carbons (Fsp3) is 0.704. The molecular weight excluding hydrogens is 417 g/mol. The number of rotatable bonds is 15. The van der Waals surface area contributed by atoms with Crippen LogP contribution in [0.15, 0.2) is 30.3 Å². The summed E-state index contributed by atoms with van der Waals surface area (Å²) in [4.78, 5) is 23.4. The fourth-order valence-corrected chi connectivity index (χ4v) is 10.2. The van der Waals surface area contributed by atoms with Crippen LogP contribution in [0.4, 0.5) is 5.69 Å². The van der Waals surface area contributed by atoms with Crippen LogP contribution in [0, 0.1) is 0 Å². The van der Waals surface area contributed by atoms with Crippen molar-refractivity contribution in [3.63, 3.8) is 0 Å². The molecule has 0 saturated heterocycles. The van der Waals surface area contributed by atoms with E-state index in [9.17, 15) is 9.59 Å². The maximum absolute atomic E-state index is 11.4. The number of hydrogen-bond donors (Lipinski definition) is 1. The van der Waals surface area contributed by atoms with Gasteiger partial charge >= 0.3 is 117 Å². The van der Waals surface area contributed by atoms with Crippen molar-refractivity contribution in [1.29, 1.82) is 0 Å². The van der Waals surface area contributed by atoms with Crippen molar-refractivity contribution in [3.8, 4) is 0 Å². The molecule has 1 atom stereocenters. The quantitative estimate of drug-likeness (QED) is 0.273. The normalized spacial score (nSPS) is 12.4. The summed E-state index contributed by atoms with van der Waals surface area (Å²) in [7, 11) is -0.879. The van der Waals surface area contributed by atoms with Gasteiger partial charge in [0.25, 0.3) is 0 Å². The Morgan fingerprint density at radius 1 is 0.812 bits per heavy atom. The van der Waals surface area contributed by atoms with Gasteiger partial charge in [-0.3, -0.25) is 9.69 Å². The fourth-order valence-electron chi connectivity index (χ4n) is 4.33. The summed E-state index contributed by atoms with van der Waals surface area (Å²) in [6.07, 6.45) is 18.1. The van der Waals surface area contributed by atoms with Crippen molar-refractivity contribution in [1.82, 2.24) is 0 Å². The Morgan fingerprint density at radius 2 is 1.19 bits per heavy atom. The molecule has 0 spiro atoms. The summed E-state index contributed by atoms with van der Waals surface area (Å²) in [5.74, 6) is -1.30. The summed E-state index contributed by atoms with van der Waals surface area (Å²) < 4.78 is 0. The van der Waals surface area contributed by atoms with Crippen LogP contribution in [0.1, 0.15) is 92.9 Å². The van der Waals surface area contributed by atoms with Crippen molar-refractivity contribution in [3.05, 3.63) is 30.3 Å². The Balaban J connectivity index is 0.000000604. The molecule has 0 aliphatic heterocycles. The Kier molecular flexibility index (Phi) is 17.3. The van der Waals surface area contributed by atoms with E-state index in [1.807, 2.05) is 6.07 Å². The van der Waals surface area contributed by atoms with Gasteiger partial charge in [0.1, 0.15) is 6.04 Å². The predicted octanol–water partition coefficient (Wildman–Crippen LogP) is 7.45. The Bertz CT molecular complexity index is 583. The Labute approximate surface area is 198 Å². The minimum absolute atomic E-state index is 0.281. The molecule has 0 radical (unpaired) electrons. The number of nitrogens with zero attached hydrogens (tertiary/aromatic N) is 1. The number of para-hydroxylation sites is 1. The maximum atomic E-state index is 11.4. The van der Waals surface area contributed by atoms with Gasteiger partial charge in [-0.05, 0) is 19.1 Å². The van der Waals surface area contributed by atoms with E-state index < -0.39 is 19.3 Å². The van der Waals surface area contributed by atoms with Crippen LogP contribution in [0.5, 0.6) is 0 Å². The second kappa shape index (κ2) is 18.1. The molecule has 4 nitrogen and oxygen atoms in total. The van der Waals surface area contributed by atoms with Crippen LogP contribution < -0.4 is 4.90 Å². The molecule has 0 aromatic heterocycles. The molecule has 1 amide bonds. The van der Waals surface area contributed by atoms with Gasteiger partial charge in [-0.1, -0.05) is 18.2 Å². The van der Waals surface area contributed by atoms with Crippen molar-refractivity contribution in [2.24, 2.45) is 0 Å². The molecule has 0 heterocycles. The number of carboxylic acids is 1. The van der Waals surface area contributed by atoms with Crippen molar-refractivity contribution in [2.45, 2.75) is 99.0 Å². The molecular formula is C27H50NO3P. The standard InChI is InChI=1S/C16H37P.C11H13NO3/c1-5-9-13-17(14-10-6-2,15-11-7-3)16-12-8-4;1-8(11(14)15)12(9(2)13)10-6-4-3-5-7-10/h17H,5-16H2,1-4H3;3-8H,1-2H3,(H,14,15). The number of amides is 1. The van der Waals surface area contributed by atoms with Gasteiger partial charge in [0.15, 0.2) is 0 Å². The number of unbranched alkanes of at least 4 members (excludes halogenated alkanes) is 4. The molecule has 5 heteroatoms. The van der Waals surface area contributed by atoms with Crippen molar-refractivity contribution >= 4 is 24.8 Å². The molecule has 1 aromatic carbocycles. The van der Waals surface area contributed by atoms with Crippen molar-refractivity contribution < 1.29 is 14.7 Å². The van der Waals surface area contributed by atoms with Gasteiger partial charge in [-0.15, -0.1) is 0 Å². The molecule has 0 aliphatic rings. The predicted molar refractivity (Wildman–Crippen MR) is 144 cm³/mol. The summed E-state index contributed by atoms with van der Waals surface area (Å²) in [6, 6.07) is 7.90. The summed E-state index contributed by atoms with van der Waals surface area (Å²) in [5, 5.41) is 8.87. The van der Waals surface area contributed by atoms with E-state index in [0.717, 1.165) is 0 Å². The van der Waals surface area contributed by atoms with Crippen LogP contribution in [0.2, 0.25) is 0 Å². The molecule has 32 heavy (non-hydrogen) atoms. The zero-order chi connectivity index (χ0) is 24.4. The molecule has 1 aromatic rings. The molecule has 1 rings (SSSR count). The van der Waals surface area contributed by atoms with Crippen LogP contribution in [0.25, 0.3) is 0 Å². The van der Waals surface area contributed by atoms with Gasteiger partial charge < -0.3 is 5.11 Å². The number of hydrogen-bond acceptors (Lipinski definition) is 2. The van der Waals surface area contributed by atoms with Crippen LogP contribution in [-0.4, -0.2) is 47.7 Å². The first kappa shape index (κ1) is 30.6. The molecule has 1 unspecified atom stereocenters. The summed E-state index contributed by atoms with van der Waals surface area (Å²) >= 11 is 0. The van der Waals surface area contributed by atoms with Crippen LogP contribution >= 0.6 is 7.26 Å². The van der Waals surface area contributed by atoms with E-state index in [4.69, 9.17) is 5.11 Å². The van der Waals surface area contributed by atoms with E-state index >= 15 is 0 Å². The third-order valence-corrected chi connectivity index (χ3v) is 12.0. The first-order valence-electron chi connectivity index (χ1n) is 12.9. The van der Waals surface area contributed by atoms with Gasteiger partial charge in [-0.25, -0.2) is 4.79 Å². The molecule has 1 N–H and O–H groups in total. The zero-order valence-corrected chi connectivity index (χ0v) is 22.7. The second-order valence-corrected chi connectivity index (χ2v) is 14.2. The molecule has 0 saturated carbocycles. The molecule has 0 fully saturated rings. The Hall–Kier alpha value is -1.41. The summed E-state index contributed by atoms with van der Waals surface area (Å²) in [6.45, 7) is 12.3. The second-order valence-electron chi connectivity index (χ2n) is 9.15. The van der Waals surface area contributed by atoms with Gasteiger partial charge in [-0.2, -0.15) is 0 Å².